The fourth-order valence-electron chi connectivity index (χ4n) is 3.18. The highest BCUT2D eigenvalue weighted by Crippen LogP contribution is 2.35. The first kappa shape index (κ1) is 15.6. The van der Waals surface area contributed by atoms with Crippen molar-refractivity contribution in [2.24, 2.45) is 5.92 Å². The molecule has 122 valence electrons. The highest BCUT2D eigenvalue weighted by atomic mass is 16.7. The zero-order chi connectivity index (χ0) is 15.4. The van der Waals surface area contributed by atoms with Gasteiger partial charge in [0.15, 0.2) is 11.5 Å². The third-order valence-corrected chi connectivity index (χ3v) is 4.43. The molecule has 0 unspecified atom stereocenters. The van der Waals surface area contributed by atoms with Crippen LogP contribution in [0.4, 0.5) is 0 Å². The van der Waals surface area contributed by atoms with E-state index in [0.29, 0.717) is 18.8 Å². The van der Waals surface area contributed by atoms with Crippen molar-refractivity contribution >= 4 is 0 Å². The maximum absolute atomic E-state index is 5.56. The van der Waals surface area contributed by atoms with E-state index in [1.807, 2.05) is 12.1 Å². The molecule has 1 aromatic carbocycles. The topological polar surface area (TPSA) is 43.0 Å². The van der Waals surface area contributed by atoms with Gasteiger partial charge in [-0.3, -0.25) is 4.90 Å². The molecule has 5 nitrogen and oxygen atoms in total. The van der Waals surface area contributed by atoms with Gasteiger partial charge >= 0.3 is 0 Å². The molecule has 1 N–H and O–H groups in total. The van der Waals surface area contributed by atoms with Gasteiger partial charge in [0.25, 0.3) is 0 Å². The van der Waals surface area contributed by atoms with E-state index >= 15 is 0 Å². The summed E-state index contributed by atoms with van der Waals surface area (Å²) in [5, 5.41) is 3.59. The Morgan fingerprint density at radius 3 is 2.77 bits per heavy atom. The molecule has 0 bridgehead atoms. The smallest absolute Gasteiger partial charge is 0.231 e. The van der Waals surface area contributed by atoms with Crippen molar-refractivity contribution in [2.45, 2.75) is 26.4 Å². The Labute approximate surface area is 132 Å². The molecule has 3 rings (SSSR count). The molecule has 2 aliphatic rings. The standard InChI is InChI=1S/C17H26N2O3/c1-13(2)15(19-6-8-20-9-7-19)11-18-10-14-4-3-5-16-17(14)22-12-21-16/h3-5,13,15,18H,6-12H2,1-2H3/t15-/m1/s1. The fourth-order valence-corrected chi connectivity index (χ4v) is 3.18. The highest BCUT2D eigenvalue weighted by Gasteiger charge is 2.24. The van der Waals surface area contributed by atoms with Crippen LogP contribution in [0.1, 0.15) is 19.4 Å². The summed E-state index contributed by atoms with van der Waals surface area (Å²) in [7, 11) is 0. The molecule has 2 aliphatic heterocycles. The van der Waals surface area contributed by atoms with Crippen molar-refractivity contribution in [3.8, 4) is 11.5 Å². The molecule has 0 spiro atoms. The lowest BCUT2D eigenvalue weighted by Crippen LogP contribution is -2.50. The van der Waals surface area contributed by atoms with Crippen LogP contribution < -0.4 is 14.8 Å². The van der Waals surface area contributed by atoms with Gasteiger partial charge in [0.05, 0.1) is 13.2 Å². The normalized spacial score (nSPS) is 19.6. The quantitative estimate of drug-likeness (QED) is 0.869. The minimum atomic E-state index is 0.328. The first-order chi connectivity index (χ1) is 10.8. The van der Waals surface area contributed by atoms with Crippen LogP contribution in [-0.2, 0) is 11.3 Å². The second-order valence-electron chi connectivity index (χ2n) is 6.24. The number of nitrogens with zero attached hydrogens (tertiary/aromatic N) is 1. The van der Waals surface area contributed by atoms with Crippen LogP contribution in [0.15, 0.2) is 18.2 Å². The summed E-state index contributed by atoms with van der Waals surface area (Å²) in [5.74, 6) is 2.36. The average Bonchev–Trinajstić information content (AvgIpc) is 3.01. The zero-order valence-corrected chi connectivity index (χ0v) is 13.5. The lowest BCUT2D eigenvalue weighted by molar-refractivity contribution is 0.00647. The zero-order valence-electron chi connectivity index (χ0n) is 13.5. The van der Waals surface area contributed by atoms with Gasteiger partial charge in [0.2, 0.25) is 6.79 Å². The summed E-state index contributed by atoms with van der Waals surface area (Å²) < 4.78 is 16.5. The predicted molar refractivity (Wildman–Crippen MR) is 85.3 cm³/mol. The number of hydrogen-bond donors (Lipinski definition) is 1. The van der Waals surface area contributed by atoms with Crippen LogP contribution in [0.2, 0.25) is 0 Å². The Morgan fingerprint density at radius 1 is 1.18 bits per heavy atom. The summed E-state index contributed by atoms with van der Waals surface area (Å²) in [5.41, 5.74) is 1.17. The van der Waals surface area contributed by atoms with Gasteiger partial charge in [-0.1, -0.05) is 26.0 Å². The number of para-hydroxylation sites is 1. The van der Waals surface area contributed by atoms with Gasteiger partial charge in [0.1, 0.15) is 0 Å². The molecule has 1 fully saturated rings. The lowest BCUT2D eigenvalue weighted by Gasteiger charge is -2.37. The van der Waals surface area contributed by atoms with Crippen molar-refractivity contribution in [3.05, 3.63) is 23.8 Å². The van der Waals surface area contributed by atoms with Gasteiger partial charge in [0, 0.05) is 37.8 Å². The van der Waals surface area contributed by atoms with E-state index in [0.717, 1.165) is 50.9 Å². The summed E-state index contributed by atoms with van der Waals surface area (Å²) in [4.78, 5) is 2.54. The monoisotopic (exact) mass is 306 g/mol. The van der Waals surface area contributed by atoms with Gasteiger partial charge in [-0.05, 0) is 12.0 Å². The number of nitrogens with one attached hydrogen (secondary N) is 1. The molecule has 0 amide bonds. The Morgan fingerprint density at radius 2 is 2.00 bits per heavy atom. The van der Waals surface area contributed by atoms with Crippen molar-refractivity contribution < 1.29 is 14.2 Å². The van der Waals surface area contributed by atoms with E-state index in [2.05, 4.69) is 30.1 Å². The largest absolute Gasteiger partial charge is 0.454 e. The van der Waals surface area contributed by atoms with E-state index < -0.39 is 0 Å². The molecule has 0 saturated carbocycles. The van der Waals surface area contributed by atoms with E-state index in [-0.39, 0.29) is 0 Å². The third kappa shape index (κ3) is 3.54. The Hall–Kier alpha value is -1.30. The van der Waals surface area contributed by atoms with Crippen LogP contribution in [0.25, 0.3) is 0 Å². The van der Waals surface area contributed by atoms with E-state index in [1.165, 1.54) is 5.56 Å². The molecule has 2 heterocycles. The van der Waals surface area contributed by atoms with Crippen molar-refractivity contribution in [2.75, 3.05) is 39.6 Å². The van der Waals surface area contributed by atoms with Crippen LogP contribution >= 0.6 is 0 Å². The van der Waals surface area contributed by atoms with Gasteiger partial charge in [-0.15, -0.1) is 0 Å². The maximum Gasteiger partial charge on any atom is 0.231 e. The molecular formula is C17H26N2O3. The first-order valence-corrected chi connectivity index (χ1v) is 8.15. The van der Waals surface area contributed by atoms with Crippen molar-refractivity contribution in [1.29, 1.82) is 0 Å². The lowest BCUT2D eigenvalue weighted by atomic mass is 10.0. The summed E-state index contributed by atoms with van der Waals surface area (Å²) in [6, 6.07) is 6.61. The second-order valence-corrected chi connectivity index (χ2v) is 6.24. The van der Waals surface area contributed by atoms with Crippen LogP contribution in [0.5, 0.6) is 11.5 Å². The number of benzene rings is 1. The van der Waals surface area contributed by atoms with Crippen LogP contribution in [-0.4, -0.2) is 50.6 Å². The second kappa shape index (κ2) is 7.31. The Bertz CT molecular complexity index is 487. The number of hydrogen-bond acceptors (Lipinski definition) is 5. The minimum absolute atomic E-state index is 0.328. The van der Waals surface area contributed by atoms with Crippen molar-refractivity contribution in [1.82, 2.24) is 10.2 Å². The van der Waals surface area contributed by atoms with E-state index in [4.69, 9.17) is 14.2 Å². The minimum Gasteiger partial charge on any atom is -0.454 e. The average molecular weight is 306 g/mol. The van der Waals surface area contributed by atoms with E-state index in [1.54, 1.807) is 0 Å². The summed E-state index contributed by atoms with van der Waals surface area (Å²) in [6.45, 7) is 10.4. The van der Waals surface area contributed by atoms with Crippen molar-refractivity contribution in [3.63, 3.8) is 0 Å². The molecule has 0 radical (unpaired) electrons. The molecular weight excluding hydrogens is 280 g/mol. The Balaban J connectivity index is 1.55. The summed E-state index contributed by atoms with van der Waals surface area (Å²) in [6.07, 6.45) is 0. The fraction of sp³-hybridized carbons (Fsp3) is 0.647. The highest BCUT2D eigenvalue weighted by molar-refractivity contribution is 5.48. The third-order valence-electron chi connectivity index (χ3n) is 4.43. The van der Waals surface area contributed by atoms with Crippen LogP contribution in [0.3, 0.4) is 0 Å². The van der Waals surface area contributed by atoms with Gasteiger partial charge in [-0.25, -0.2) is 0 Å². The number of fused-ring (bicyclic) bond motifs is 1. The number of ether oxygens (including phenoxy) is 3. The van der Waals surface area contributed by atoms with Gasteiger partial charge < -0.3 is 19.5 Å². The first-order valence-electron chi connectivity index (χ1n) is 8.15. The molecule has 5 heteroatoms. The van der Waals surface area contributed by atoms with Crippen LogP contribution in [0, 0.1) is 5.92 Å². The maximum atomic E-state index is 5.56. The van der Waals surface area contributed by atoms with E-state index in [9.17, 15) is 0 Å². The van der Waals surface area contributed by atoms with Gasteiger partial charge in [-0.2, -0.15) is 0 Å². The Kier molecular flexibility index (Phi) is 5.18. The molecule has 1 aromatic rings. The molecule has 0 aromatic heterocycles. The number of rotatable bonds is 6. The number of morpholine rings is 1. The molecule has 0 aliphatic carbocycles. The molecule has 1 saturated heterocycles. The summed E-state index contributed by atoms with van der Waals surface area (Å²) >= 11 is 0. The predicted octanol–water partition coefficient (Wildman–Crippen LogP) is 1.86. The SMILES string of the molecule is CC(C)[C@@H](CNCc1cccc2c1OCO2)N1CCOCC1. The molecule has 1 atom stereocenters. The molecule has 22 heavy (non-hydrogen) atoms.